The molecule has 1 aromatic rings. The van der Waals surface area contributed by atoms with E-state index >= 15 is 0 Å². The Hall–Kier alpha value is -1.35. The van der Waals surface area contributed by atoms with E-state index in [9.17, 15) is 4.79 Å². The van der Waals surface area contributed by atoms with E-state index in [1.807, 2.05) is 24.3 Å². The molecule has 1 heterocycles. The number of carbonyl (C=O) groups is 1. The molecule has 1 fully saturated rings. The summed E-state index contributed by atoms with van der Waals surface area (Å²) in [7, 11) is 0. The van der Waals surface area contributed by atoms with E-state index in [4.69, 9.17) is 4.74 Å². The average Bonchev–Trinajstić information content (AvgIpc) is 2.30. The molecule has 0 aromatic heterocycles. The standard InChI is InChI=1S/C13H17NO2/c1-10(15)16-12-7-5-11(6-8-12)13-4-2-3-9-14-13/h5-8,13-14H,2-4,9H2,1H3/t13-/m1/s1. The van der Waals surface area contributed by atoms with Crippen LogP contribution in [0.15, 0.2) is 24.3 Å². The zero-order chi connectivity index (χ0) is 11.4. The minimum atomic E-state index is -0.274. The maximum atomic E-state index is 10.8. The zero-order valence-electron chi connectivity index (χ0n) is 9.53. The van der Waals surface area contributed by atoms with Crippen molar-refractivity contribution >= 4 is 5.97 Å². The van der Waals surface area contributed by atoms with Gasteiger partial charge in [-0.15, -0.1) is 0 Å². The second kappa shape index (κ2) is 5.12. The predicted octanol–water partition coefficient (Wildman–Crippen LogP) is 2.43. The summed E-state index contributed by atoms with van der Waals surface area (Å²) in [6.45, 7) is 2.51. The van der Waals surface area contributed by atoms with E-state index in [0.29, 0.717) is 11.8 Å². The maximum absolute atomic E-state index is 10.8. The van der Waals surface area contributed by atoms with E-state index in [1.54, 1.807) is 0 Å². The first-order valence-electron chi connectivity index (χ1n) is 5.77. The second-order valence-corrected chi connectivity index (χ2v) is 4.17. The zero-order valence-corrected chi connectivity index (χ0v) is 9.53. The first-order valence-corrected chi connectivity index (χ1v) is 5.77. The van der Waals surface area contributed by atoms with Crippen molar-refractivity contribution in [3.8, 4) is 5.75 Å². The molecule has 1 aromatic carbocycles. The van der Waals surface area contributed by atoms with Gasteiger partial charge < -0.3 is 10.1 Å². The molecule has 86 valence electrons. The van der Waals surface area contributed by atoms with Gasteiger partial charge in [0.05, 0.1) is 0 Å². The molecule has 0 amide bonds. The lowest BCUT2D eigenvalue weighted by atomic mass is 9.98. The quantitative estimate of drug-likeness (QED) is 0.613. The molecule has 0 bridgehead atoms. The number of piperidine rings is 1. The number of rotatable bonds is 2. The fourth-order valence-corrected chi connectivity index (χ4v) is 2.07. The average molecular weight is 219 g/mol. The SMILES string of the molecule is CC(=O)Oc1ccc([C@H]2CCCCN2)cc1. The van der Waals surface area contributed by atoms with Crippen molar-refractivity contribution in [3.63, 3.8) is 0 Å². The number of nitrogens with one attached hydrogen (secondary N) is 1. The molecule has 3 nitrogen and oxygen atoms in total. The summed E-state index contributed by atoms with van der Waals surface area (Å²) in [5.41, 5.74) is 1.27. The van der Waals surface area contributed by atoms with Gasteiger partial charge in [0.25, 0.3) is 0 Å². The van der Waals surface area contributed by atoms with Crippen LogP contribution in [0.5, 0.6) is 5.75 Å². The largest absolute Gasteiger partial charge is 0.427 e. The molecule has 2 rings (SSSR count). The van der Waals surface area contributed by atoms with Gasteiger partial charge in [-0.3, -0.25) is 4.79 Å². The van der Waals surface area contributed by atoms with Gasteiger partial charge in [-0.25, -0.2) is 0 Å². The molecule has 1 saturated heterocycles. The van der Waals surface area contributed by atoms with Gasteiger partial charge in [-0.1, -0.05) is 18.6 Å². The summed E-state index contributed by atoms with van der Waals surface area (Å²) >= 11 is 0. The van der Waals surface area contributed by atoms with Gasteiger partial charge in [-0.05, 0) is 37.1 Å². The van der Waals surface area contributed by atoms with Crippen molar-refractivity contribution in [3.05, 3.63) is 29.8 Å². The number of benzene rings is 1. The first-order chi connectivity index (χ1) is 7.75. The van der Waals surface area contributed by atoms with Crippen LogP contribution in [-0.2, 0) is 4.79 Å². The molecule has 0 spiro atoms. The monoisotopic (exact) mass is 219 g/mol. The molecular formula is C13H17NO2. The van der Waals surface area contributed by atoms with Gasteiger partial charge in [0.1, 0.15) is 5.75 Å². The van der Waals surface area contributed by atoms with Gasteiger partial charge >= 0.3 is 5.97 Å². The third kappa shape index (κ3) is 2.83. The third-order valence-electron chi connectivity index (χ3n) is 2.85. The lowest BCUT2D eigenvalue weighted by Gasteiger charge is -2.23. The Labute approximate surface area is 95.8 Å². The minimum absolute atomic E-state index is 0.274. The Morgan fingerprint density at radius 3 is 2.62 bits per heavy atom. The van der Waals surface area contributed by atoms with Gasteiger partial charge in [0.15, 0.2) is 0 Å². The van der Waals surface area contributed by atoms with Crippen molar-refractivity contribution in [2.45, 2.75) is 32.2 Å². The van der Waals surface area contributed by atoms with E-state index in [-0.39, 0.29) is 5.97 Å². The number of ether oxygens (including phenoxy) is 1. The van der Waals surface area contributed by atoms with E-state index in [1.165, 1.54) is 31.7 Å². The molecule has 0 saturated carbocycles. The Bertz CT molecular complexity index is 353. The molecular weight excluding hydrogens is 202 g/mol. The molecule has 1 aliphatic rings. The minimum Gasteiger partial charge on any atom is -0.427 e. The summed E-state index contributed by atoms with van der Waals surface area (Å²) in [6, 6.07) is 8.22. The van der Waals surface area contributed by atoms with Crippen LogP contribution in [-0.4, -0.2) is 12.5 Å². The van der Waals surface area contributed by atoms with Crippen LogP contribution in [0.3, 0.4) is 0 Å². The van der Waals surface area contributed by atoms with Crippen molar-refractivity contribution < 1.29 is 9.53 Å². The molecule has 1 N–H and O–H groups in total. The van der Waals surface area contributed by atoms with E-state index < -0.39 is 0 Å². The maximum Gasteiger partial charge on any atom is 0.308 e. The van der Waals surface area contributed by atoms with Crippen LogP contribution >= 0.6 is 0 Å². The molecule has 3 heteroatoms. The Morgan fingerprint density at radius 1 is 1.31 bits per heavy atom. The van der Waals surface area contributed by atoms with Crippen LogP contribution in [0.1, 0.15) is 37.8 Å². The van der Waals surface area contributed by atoms with Crippen LogP contribution in [0.2, 0.25) is 0 Å². The normalized spacial score (nSPS) is 20.4. The highest BCUT2D eigenvalue weighted by atomic mass is 16.5. The first kappa shape index (κ1) is 11.1. The van der Waals surface area contributed by atoms with E-state index in [2.05, 4.69) is 5.32 Å². The van der Waals surface area contributed by atoms with Gasteiger partial charge in [0.2, 0.25) is 0 Å². The van der Waals surface area contributed by atoms with Gasteiger partial charge in [0, 0.05) is 13.0 Å². The second-order valence-electron chi connectivity index (χ2n) is 4.17. The highest BCUT2D eigenvalue weighted by Crippen LogP contribution is 2.24. The summed E-state index contributed by atoms with van der Waals surface area (Å²) in [6.07, 6.45) is 3.73. The summed E-state index contributed by atoms with van der Waals surface area (Å²) in [4.78, 5) is 10.8. The van der Waals surface area contributed by atoms with Crippen molar-refractivity contribution in [2.75, 3.05) is 6.54 Å². The number of carbonyl (C=O) groups excluding carboxylic acids is 1. The molecule has 1 aliphatic heterocycles. The van der Waals surface area contributed by atoms with Crippen LogP contribution in [0.4, 0.5) is 0 Å². The smallest absolute Gasteiger partial charge is 0.308 e. The van der Waals surface area contributed by atoms with Crippen molar-refractivity contribution in [1.82, 2.24) is 5.32 Å². The number of hydrogen-bond donors (Lipinski definition) is 1. The molecule has 0 aliphatic carbocycles. The molecule has 16 heavy (non-hydrogen) atoms. The Morgan fingerprint density at radius 2 is 2.06 bits per heavy atom. The Balaban J connectivity index is 2.03. The molecule has 0 radical (unpaired) electrons. The van der Waals surface area contributed by atoms with Crippen LogP contribution < -0.4 is 10.1 Å². The highest BCUT2D eigenvalue weighted by molar-refractivity contribution is 5.69. The van der Waals surface area contributed by atoms with Crippen molar-refractivity contribution in [1.29, 1.82) is 0 Å². The summed E-state index contributed by atoms with van der Waals surface area (Å²) < 4.78 is 5.00. The third-order valence-corrected chi connectivity index (χ3v) is 2.85. The fourth-order valence-electron chi connectivity index (χ4n) is 2.07. The number of hydrogen-bond acceptors (Lipinski definition) is 3. The summed E-state index contributed by atoms with van der Waals surface area (Å²) in [5, 5.41) is 3.49. The molecule has 0 unspecified atom stereocenters. The number of esters is 1. The highest BCUT2D eigenvalue weighted by Gasteiger charge is 2.14. The van der Waals surface area contributed by atoms with Crippen LogP contribution in [0, 0.1) is 0 Å². The lowest BCUT2D eigenvalue weighted by Crippen LogP contribution is -2.26. The predicted molar refractivity (Wildman–Crippen MR) is 62.3 cm³/mol. The summed E-state index contributed by atoms with van der Waals surface area (Å²) in [5.74, 6) is 0.343. The van der Waals surface area contributed by atoms with Crippen molar-refractivity contribution in [2.24, 2.45) is 0 Å². The van der Waals surface area contributed by atoms with Crippen LogP contribution in [0.25, 0.3) is 0 Å². The lowest BCUT2D eigenvalue weighted by molar-refractivity contribution is -0.131. The fraction of sp³-hybridized carbons (Fsp3) is 0.462. The Kier molecular flexibility index (Phi) is 3.57. The van der Waals surface area contributed by atoms with Gasteiger partial charge in [-0.2, -0.15) is 0 Å². The topological polar surface area (TPSA) is 38.3 Å². The molecule has 1 atom stereocenters. The van der Waals surface area contributed by atoms with E-state index in [0.717, 1.165) is 6.54 Å².